The van der Waals surface area contributed by atoms with Gasteiger partial charge in [-0.15, -0.1) is 12.3 Å². The van der Waals surface area contributed by atoms with E-state index in [1.165, 1.54) is 12.3 Å². The van der Waals surface area contributed by atoms with Gasteiger partial charge in [-0.05, 0) is 42.3 Å². The SMILES string of the molecule is C#CCCc1c(Br)cc(/C=N/NC(=O)COc2ccc(Cl)cc2Cl)cc1OC. The molecule has 0 unspecified atom stereocenters. The molecule has 0 saturated heterocycles. The van der Waals surface area contributed by atoms with Crippen LogP contribution in [-0.2, 0) is 11.2 Å². The molecule has 2 rings (SSSR count). The van der Waals surface area contributed by atoms with Crippen molar-refractivity contribution in [1.29, 1.82) is 0 Å². The van der Waals surface area contributed by atoms with Crippen LogP contribution in [0.25, 0.3) is 0 Å². The van der Waals surface area contributed by atoms with Crippen molar-refractivity contribution in [1.82, 2.24) is 5.43 Å². The first-order valence-corrected chi connectivity index (χ1v) is 9.69. The number of amides is 1. The number of nitrogens with one attached hydrogen (secondary N) is 1. The maximum absolute atomic E-state index is 11.9. The van der Waals surface area contributed by atoms with Crippen molar-refractivity contribution in [3.05, 3.63) is 56.0 Å². The smallest absolute Gasteiger partial charge is 0.277 e. The Morgan fingerprint density at radius 2 is 2.11 bits per heavy atom. The number of carbonyl (C=O) groups excluding carboxylic acids is 1. The van der Waals surface area contributed by atoms with Gasteiger partial charge in [0.2, 0.25) is 0 Å². The monoisotopic (exact) mass is 482 g/mol. The molecule has 28 heavy (non-hydrogen) atoms. The third kappa shape index (κ3) is 6.45. The molecule has 2 aromatic rings. The van der Waals surface area contributed by atoms with Gasteiger partial charge in [0.05, 0.1) is 18.3 Å². The van der Waals surface area contributed by atoms with Crippen molar-refractivity contribution in [2.75, 3.05) is 13.7 Å². The molecule has 0 aliphatic rings. The molecule has 5 nitrogen and oxygen atoms in total. The fourth-order valence-corrected chi connectivity index (χ4v) is 3.40. The van der Waals surface area contributed by atoms with Crippen LogP contribution in [-0.4, -0.2) is 25.8 Å². The maximum atomic E-state index is 11.9. The second-order valence-corrected chi connectivity index (χ2v) is 7.24. The first-order chi connectivity index (χ1) is 13.4. The minimum absolute atomic E-state index is 0.239. The van der Waals surface area contributed by atoms with Crippen LogP contribution in [0.1, 0.15) is 17.5 Å². The second-order valence-electron chi connectivity index (χ2n) is 5.54. The normalized spacial score (nSPS) is 10.5. The predicted octanol–water partition coefficient (Wildman–Crippen LogP) is 4.86. The third-order valence-corrected chi connectivity index (χ3v) is 4.81. The van der Waals surface area contributed by atoms with Crippen LogP contribution in [0.15, 0.2) is 39.9 Å². The van der Waals surface area contributed by atoms with Gasteiger partial charge < -0.3 is 9.47 Å². The second kappa shape index (κ2) is 11.0. The predicted molar refractivity (Wildman–Crippen MR) is 116 cm³/mol. The number of carbonyl (C=O) groups is 1. The zero-order valence-electron chi connectivity index (χ0n) is 15.0. The zero-order chi connectivity index (χ0) is 20.5. The number of nitrogens with zero attached hydrogens (tertiary/aromatic N) is 1. The fourth-order valence-electron chi connectivity index (χ4n) is 2.27. The molecule has 0 aliphatic heterocycles. The maximum Gasteiger partial charge on any atom is 0.277 e. The average Bonchev–Trinajstić information content (AvgIpc) is 2.66. The molecule has 0 bridgehead atoms. The Labute approximate surface area is 182 Å². The van der Waals surface area contributed by atoms with Gasteiger partial charge in [-0.1, -0.05) is 39.1 Å². The van der Waals surface area contributed by atoms with Crippen molar-refractivity contribution < 1.29 is 14.3 Å². The summed E-state index contributed by atoms with van der Waals surface area (Å²) in [5.41, 5.74) is 4.12. The number of hydrazone groups is 1. The van der Waals surface area contributed by atoms with Crippen molar-refractivity contribution in [2.45, 2.75) is 12.8 Å². The summed E-state index contributed by atoms with van der Waals surface area (Å²) in [6.07, 6.45) is 8.13. The van der Waals surface area contributed by atoms with Crippen LogP contribution >= 0.6 is 39.1 Å². The summed E-state index contributed by atoms with van der Waals surface area (Å²) in [4.78, 5) is 11.9. The van der Waals surface area contributed by atoms with E-state index in [1.54, 1.807) is 19.2 Å². The Kier molecular flexibility index (Phi) is 8.65. The van der Waals surface area contributed by atoms with Crippen LogP contribution in [0, 0.1) is 12.3 Å². The number of terminal acetylenes is 1. The summed E-state index contributed by atoms with van der Waals surface area (Å²) in [6.45, 7) is -0.239. The molecule has 0 spiro atoms. The lowest BCUT2D eigenvalue weighted by molar-refractivity contribution is -0.123. The van der Waals surface area contributed by atoms with Crippen LogP contribution in [0.4, 0.5) is 0 Å². The minimum atomic E-state index is -0.432. The molecule has 0 aliphatic carbocycles. The molecular formula is C20H17BrCl2N2O3. The molecule has 2 aromatic carbocycles. The first kappa shape index (κ1) is 22.1. The van der Waals surface area contributed by atoms with Crippen molar-refractivity contribution in [2.24, 2.45) is 5.10 Å². The van der Waals surface area contributed by atoms with Gasteiger partial charge in [0, 0.05) is 21.5 Å². The van der Waals surface area contributed by atoms with E-state index in [9.17, 15) is 4.79 Å². The number of methoxy groups -OCH3 is 1. The molecule has 1 amide bonds. The van der Waals surface area contributed by atoms with E-state index in [1.807, 2.05) is 12.1 Å². The Balaban J connectivity index is 1.95. The first-order valence-electron chi connectivity index (χ1n) is 8.14. The average molecular weight is 484 g/mol. The minimum Gasteiger partial charge on any atom is -0.496 e. The molecule has 0 heterocycles. The molecular weight excluding hydrogens is 467 g/mol. The summed E-state index contributed by atoms with van der Waals surface area (Å²) >= 11 is 15.3. The summed E-state index contributed by atoms with van der Waals surface area (Å²) in [5.74, 6) is 3.23. The highest BCUT2D eigenvalue weighted by Gasteiger charge is 2.09. The molecule has 0 fully saturated rings. The van der Waals surface area contributed by atoms with Crippen LogP contribution in [0.2, 0.25) is 10.0 Å². The Hall–Kier alpha value is -2.20. The van der Waals surface area contributed by atoms with E-state index in [2.05, 4.69) is 32.4 Å². The quantitative estimate of drug-likeness (QED) is 0.331. The summed E-state index contributed by atoms with van der Waals surface area (Å²) in [6, 6.07) is 8.43. The lowest BCUT2D eigenvalue weighted by Crippen LogP contribution is -2.24. The van der Waals surface area contributed by atoms with E-state index < -0.39 is 5.91 Å². The zero-order valence-corrected chi connectivity index (χ0v) is 18.1. The van der Waals surface area contributed by atoms with E-state index >= 15 is 0 Å². The lowest BCUT2D eigenvalue weighted by Gasteiger charge is -2.11. The number of rotatable bonds is 8. The van der Waals surface area contributed by atoms with Crippen molar-refractivity contribution >= 4 is 51.3 Å². The molecule has 0 saturated carbocycles. The standard InChI is InChI=1S/C20H17BrCl2N2O3/c1-3-4-5-15-16(21)8-13(9-19(15)27-2)11-24-25-20(26)12-28-18-7-6-14(22)10-17(18)23/h1,6-11H,4-5,12H2,2H3,(H,25,26)/b24-11+. The lowest BCUT2D eigenvalue weighted by atomic mass is 10.1. The van der Waals surface area contributed by atoms with Crippen LogP contribution < -0.4 is 14.9 Å². The Morgan fingerprint density at radius 3 is 2.79 bits per heavy atom. The van der Waals surface area contributed by atoms with Gasteiger partial charge in [-0.2, -0.15) is 5.10 Å². The largest absolute Gasteiger partial charge is 0.496 e. The van der Waals surface area contributed by atoms with Gasteiger partial charge in [0.15, 0.2) is 6.61 Å². The Bertz CT molecular complexity index is 926. The molecule has 0 radical (unpaired) electrons. The number of benzene rings is 2. The molecule has 1 N–H and O–H groups in total. The highest BCUT2D eigenvalue weighted by molar-refractivity contribution is 9.10. The van der Waals surface area contributed by atoms with Gasteiger partial charge in [-0.3, -0.25) is 4.79 Å². The highest BCUT2D eigenvalue weighted by Crippen LogP contribution is 2.30. The molecule has 0 aromatic heterocycles. The van der Waals surface area contributed by atoms with Crippen molar-refractivity contribution in [3.8, 4) is 23.8 Å². The van der Waals surface area contributed by atoms with E-state index in [0.29, 0.717) is 34.4 Å². The molecule has 146 valence electrons. The number of hydrogen-bond acceptors (Lipinski definition) is 4. The van der Waals surface area contributed by atoms with Crippen LogP contribution in [0.5, 0.6) is 11.5 Å². The van der Waals surface area contributed by atoms with E-state index in [-0.39, 0.29) is 6.61 Å². The number of hydrogen-bond donors (Lipinski definition) is 1. The number of ether oxygens (including phenoxy) is 2. The summed E-state index contributed by atoms with van der Waals surface area (Å²) < 4.78 is 11.6. The molecule has 8 heteroatoms. The summed E-state index contributed by atoms with van der Waals surface area (Å²) in [5, 5.41) is 4.74. The van der Waals surface area contributed by atoms with E-state index in [4.69, 9.17) is 39.1 Å². The van der Waals surface area contributed by atoms with Crippen molar-refractivity contribution in [3.63, 3.8) is 0 Å². The van der Waals surface area contributed by atoms with Crippen LogP contribution in [0.3, 0.4) is 0 Å². The van der Waals surface area contributed by atoms with Gasteiger partial charge in [0.1, 0.15) is 11.5 Å². The van der Waals surface area contributed by atoms with Gasteiger partial charge >= 0.3 is 0 Å². The number of halogens is 3. The summed E-state index contributed by atoms with van der Waals surface area (Å²) in [7, 11) is 1.59. The third-order valence-electron chi connectivity index (χ3n) is 3.57. The molecule has 0 atom stereocenters. The van der Waals surface area contributed by atoms with E-state index in [0.717, 1.165) is 15.6 Å². The highest BCUT2D eigenvalue weighted by atomic mass is 79.9. The van der Waals surface area contributed by atoms with Gasteiger partial charge in [-0.25, -0.2) is 5.43 Å². The van der Waals surface area contributed by atoms with Gasteiger partial charge in [0.25, 0.3) is 5.91 Å². The topological polar surface area (TPSA) is 59.9 Å². The fraction of sp³-hybridized carbons (Fsp3) is 0.200. The Morgan fingerprint density at radius 1 is 1.32 bits per heavy atom.